The Morgan fingerprint density at radius 2 is 0.775 bits per heavy atom. The molecular weight excluding hydrogens is 488 g/mol. The van der Waals surface area contributed by atoms with Gasteiger partial charge in [-0.1, -0.05) is 88.4 Å². The number of aryl methyl sites for hydroxylation is 2. The third-order valence-corrected chi connectivity index (χ3v) is 7.02. The molecule has 0 atom stereocenters. The van der Waals surface area contributed by atoms with E-state index in [1.807, 2.05) is 27.7 Å². The molecule has 0 aliphatic heterocycles. The van der Waals surface area contributed by atoms with Gasteiger partial charge < -0.3 is 18.9 Å². The van der Waals surface area contributed by atoms with Gasteiger partial charge in [0.1, 0.15) is 0 Å². The Bertz CT molecular complexity index is 1540. The molecule has 4 nitrogen and oxygen atoms in total. The summed E-state index contributed by atoms with van der Waals surface area (Å²) in [6.45, 7) is 9.96. The van der Waals surface area contributed by atoms with Crippen molar-refractivity contribution in [3.05, 3.63) is 96.1 Å². The van der Waals surface area contributed by atoms with Gasteiger partial charge >= 0.3 is 0 Å². The summed E-state index contributed by atoms with van der Waals surface area (Å²) in [5.74, 6) is 0. The Balaban J connectivity index is 0.000000196. The molecule has 0 unspecified atom stereocenters. The molecule has 2 aromatic heterocycles. The number of nitrogens with zero attached hydrogens (tertiary/aromatic N) is 4. The average Bonchev–Trinajstić information content (AvgIpc) is 3.43. The SMILES string of the molecule is CC.CC.CN(C)Cc1cccc2c1c1ccccc1n2C.CN(C)Cc1cccc2c1c1ccccc1n2C. The van der Waals surface area contributed by atoms with Gasteiger partial charge in [-0.3, -0.25) is 0 Å². The summed E-state index contributed by atoms with van der Waals surface area (Å²) in [5.41, 5.74) is 8.03. The molecular formula is C36H48N4. The van der Waals surface area contributed by atoms with Crippen LogP contribution in [0.5, 0.6) is 0 Å². The lowest BCUT2D eigenvalue weighted by molar-refractivity contribution is 0.404. The van der Waals surface area contributed by atoms with E-state index < -0.39 is 0 Å². The summed E-state index contributed by atoms with van der Waals surface area (Å²) < 4.78 is 4.56. The Morgan fingerprint density at radius 1 is 0.450 bits per heavy atom. The molecule has 0 aliphatic rings. The van der Waals surface area contributed by atoms with Crippen LogP contribution in [0, 0.1) is 0 Å². The number of benzene rings is 4. The molecule has 4 aromatic carbocycles. The first-order chi connectivity index (χ1) is 19.4. The molecule has 212 valence electrons. The third-order valence-electron chi connectivity index (χ3n) is 7.02. The van der Waals surface area contributed by atoms with Crippen LogP contribution in [0.4, 0.5) is 0 Å². The smallest absolute Gasteiger partial charge is 0.0492 e. The maximum Gasteiger partial charge on any atom is 0.0492 e. The average molecular weight is 537 g/mol. The maximum absolute atomic E-state index is 2.28. The van der Waals surface area contributed by atoms with Gasteiger partial charge in [0, 0.05) is 70.8 Å². The minimum absolute atomic E-state index is 0.978. The summed E-state index contributed by atoms with van der Waals surface area (Å²) in [4.78, 5) is 4.44. The van der Waals surface area contributed by atoms with E-state index >= 15 is 0 Å². The van der Waals surface area contributed by atoms with Crippen LogP contribution in [-0.4, -0.2) is 47.1 Å². The highest BCUT2D eigenvalue weighted by Crippen LogP contribution is 2.32. The largest absolute Gasteiger partial charge is 0.344 e. The van der Waals surface area contributed by atoms with Crippen LogP contribution in [-0.2, 0) is 27.2 Å². The molecule has 6 aromatic rings. The number of fused-ring (bicyclic) bond motifs is 6. The molecule has 0 bridgehead atoms. The van der Waals surface area contributed by atoms with Crippen LogP contribution in [0.15, 0.2) is 84.9 Å². The van der Waals surface area contributed by atoms with Crippen molar-refractivity contribution >= 4 is 43.6 Å². The second-order valence-electron chi connectivity index (χ2n) is 10.3. The summed E-state index contributed by atoms with van der Waals surface area (Å²) in [6, 6.07) is 30.4. The van der Waals surface area contributed by atoms with E-state index in [1.54, 1.807) is 0 Å². The lowest BCUT2D eigenvalue weighted by atomic mass is 10.1. The van der Waals surface area contributed by atoms with E-state index in [4.69, 9.17) is 0 Å². The fourth-order valence-corrected chi connectivity index (χ4v) is 5.51. The zero-order valence-corrected chi connectivity index (χ0v) is 26.3. The van der Waals surface area contributed by atoms with Crippen molar-refractivity contribution in [1.82, 2.24) is 18.9 Å². The monoisotopic (exact) mass is 536 g/mol. The number of hydrogen-bond acceptors (Lipinski definition) is 2. The fourth-order valence-electron chi connectivity index (χ4n) is 5.51. The van der Waals surface area contributed by atoms with Crippen LogP contribution >= 0.6 is 0 Å². The summed E-state index contributed by atoms with van der Waals surface area (Å²) in [7, 11) is 12.7. The van der Waals surface area contributed by atoms with Gasteiger partial charge in [0.05, 0.1) is 0 Å². The summed E-state index contributed by atoms with van der Waals surface area (Å²) >= 11 is 0. The quantitative estimate of drug-likeness (QED) is 0.224. The number of aromatic nitrogens is 2. The van der Waals surface area contributed by atoms with Gasteiger partial charge in [-0.05, 0) is 63.6 Å². The van der Waals surface area contributed by atoms with Crippen molar-refractivity contribution in [2.45, 2.75) is 40.8 Å². The summed E-state index contributed by atoms with van der Waals surface area (Å²) in [6.07, 6.45) is 0. The van der Waals surface area contributed by atoms with Crippen molar-refractivity contribution in [3.8, 4) is 0 Å². The highest BCUT2D eigenvalue weighted by atomic mass is 15.1. The molecule has 0 aliphatic carbocycles. The third kappa shape index (κ3) is 6.24. The molecule has 2 heterocycles. The van der Waals surface area contributed by atoms with Gasteiger partial charge in [-0.25, -0.2) is 0 Å². The number of rotatable bonds is 4. The lowest BCUT2D eigenvalue weighted by Gasteiger charge is -2.11. The molecule has 0 saturated heterocycles. The normalized spacial score (nSPS) is 10.9. The van der Waals surface area contributed by atoms with Crippen molar-refractivity contribution in [1.29, 1.82) is 0 Å². The lowest BCUT2D eigenvalue weighted by Crippen LogP contribution is -2.10. The van der Waals surface area contributed by atoms with Gasteiger partial charge in [0.15, 0.2) is 0 Å². The molecule has 4 heteroatoms. The molecule has 0 N–H and O–H groups in total. The summed E-state index contributed by atoms with van der Waals surface area (Å²) in [5, 5.41) is 5.49. The van der Waals surface area contributed by atoms with Crippen molar-refractivity contribution in [2.75, 3.05) is 28.2 Å². The Labute approximate surface area is 241 Å². The zero-order chi connectivity index (χ0) is 29.4. The van der Waals surface area contributed by atoms with Gasteiger partial charge in [0.2, 0.25) is 0 Å². The minimum Gasteiger partial charge on any atom is -0.344 e. The Hall–Kier alpha value is -3.60. The molecule has 0 spiro atoms. The van der Waals surface area contributed by atoms with Crippen molar-refractivity contribution in [3.63, 3.8) is 0 Å². The second-order valence-corrected chi connectivity index (χ2v) is 10.3. The predicted octanol–water partition coefficient (Wildman–Crippen LogP) is 8.84. The van der Waals surface area contributed by atoms with E-state index in [0.717, 1.165) is 13.1 Å². The van der Waals surface area contributed by atoms with Crippen molar-refractivity contribution < 1.29 is 0 Å². The predicted molar refractivity (Wildman–Crippen MR) is 178 cm³/mol. The van der Waals surface area contributed by atoms with E-state index in [9.17, 15) is 0 Å². The molecule has 0 radical (unpaired) electrons. The number of hydrogen-bond donors (Lipinski definition) is 0. The first-order valence-corrected chi connectivity index (χ1v) is 14.6. The zero-order valence-electron chi connectivity index (χ0n) is 26.3. The van der Waals surface area contributed by atoms with Crippen LogP contribution in [0.1, 0.15) is 38.8 Å². The van der Waals surface area contributed by atoms with Crippen molar-refractivity contribution in [2.24, 2.45) is 14.1 Å². The standard InChI is InChI=1S/2C16H18N2.2C2H6/c2*1-17(2)11-12-7-6-10-15-16(12)13-8-4-5-9-14(13)18(15)3;2*1-2/h2*4-10H,11H2,1-3H3;2*1-2H3. The first kappa shape index (κ1) is 30.9. The number of para-hydroxylation sites is 2. The minimum atomic E-state index is 0.978. The van der Waals surface area contributed by atoms with Crippen LogP contribution in [0.3, 0.4) is 0 Å². The molecule has 0 saturated carbocycles. The van der Waals surface area contributed by atoms with Gasteiger partial charge in [-0.2, -0.15) is 0 Å². The van der Waals surface area contributed by atoms with E-state index in [-0.39, 0.29) is 0 Å². The van der Waals surface area contributed by atoms with E-state index in [0.29, 0.717) is 0 Å². The highest BCUT2D eigenvalue weighted by molar-refractivity contribution is 6.10. The molecule has 0 amide bonds. The second kappa shape index (κ2) is 14.2. The van der Waals surface area contributed by atoms with E-state index in [1.165, 1.54) is 54.7 Å². The molecule has 40 heavy (non-hydrogen) atoms. The fraction of sp³-hybridized carbons (Fsp3) is 0.333. The molecule has 6 rings (SSSR count). The Kier molecular flexibility index (Phi) is 10.9. The van der Waals surface area contributed by atoms with Crippen LogP contribution < -0.4 is 0 Å². The topological polar surface area (TPSA) is 16.3 Å². The highest BCUT2D eigenvalue weighted by Gasteiger charge is 2.12. The first-order valence-electron chi connectivity index (χ1n) is 14.6. The Morgan fingerprint density at radius 3 is 1.12 bits per heavy atom. The molecule has 0 fully saturated rings. The maximum atomic E-state index is 2.28. The van der Waals surface area contributed by atoms with Crippen LogP contribution in [0.25, 0.3) is 43.6 Å². The van der Waals surface area contributed by atoms with Gasteiger partial charge in [0.25, 0.3) is 0 Å². The van der Waals surface area contributed by atoms with Crippen LogP contribution in [0.2, 0.25) is 0 Å². The van der Waals surface area contributed by atoms with E-state index in [2.05, 4.69) is 146 Å². The van der Waals surface area contributed by atoms with Gasteiger partial charge in [-0.15, -0.1) is 0 Å².